The van der Waals surface area contributed by atoms with E-state index in [0.29, 0.717) is 18.1 Å². The summed E-state index contributed by atoms with van der Waals surface area (Å²) in [5, 5.41) is 3.24. The zero-order valence-corrected chi connectivity index (χ0v) is 18.8. The molecule has 30 heavy (non-hydrogen) atoms. The molecule has 2 aliphatic heterocycles. The van der Waals surface area contributed by atoms with Gasteiger partial charge in [0.1, 0.15) is 5.78 Å². The first kappa shape index (κ1) is 23.1. The quantitative estimate of drug-likeness (QED) is 0.605. The van der Waals surface area contributed by atoms with Gasteiger partial charge in [0.05, 0.1) is 23.7 Å². The van der Waals surface area contributed by atoms with Gasteiger partial charge >= 0.3 is 6.69 Å². The molecular weight excluding hydrogens is 430 g/mol. The van der Waals surface area contributed by atoms with Crippen molar-refractivity contribution in [2.24, 2.45) is 5.92 Å². The number of Topliss-reactive ketones (excluding diaryl/α,β-unsaturated/α-hetero) is 1. The third kappa shape index (κ3) is 4.83. The summed E-state index contributed by atoms with van der Waals surface area (Å²) in [5.74, 6) is -0.971. The maximum absolute atomic E-state index is 12.7. The number of benzene rings is 1. The largest absolute Gasteiger partial charge is 0.652 e. The second-order valence-corrected chi connectivity index (χ2v) is 9.36. The summed E-state index contributed by atoms with van der Waals surface area (Å²) in [6, 6.07) is 4.62. The zero-order chi connectivity index (χ0) is 22.1. The van der Waals surface area contributed by atoms with Gasteiger partial charge in [0.15, 0.2) is 0 Å². The Morgan fingerprint density at radius 3 is 2.77 bits per heavy atom. The minimum atomic E-state index is -2.02. The highest BCUT2D eigenvalue weighted by atomic mass is 35.5. The number of ketones is 1. The van der Waals surface area contributed by atoms with E-state index in [9.17, 15) is 14.4 Å². The summed E-state index contributed by atoms with van der Waals surface area (Å²) in [4.78, 5) is 39.1. The number of carbonyl (C=O) groups is 3. The van der Waals surface area contributed by atoms with Crippen molar-refractivity contribution in [2.75, 3.05) is 19.7 Å². The second kappa shape index (κ2) is 9.26. The second-order valence-electron chi connectivity index (χ2n) is 8.51. The average Bonchev–Trinajstić information content (AvgIpc) is 3.17. The standard InChI is InChI=1S/C20H26BCl2N2O5/c1-12(2)6-14(21-25(10-19(27)30-21)13(3)11-29-21)7-16(26)9-24-20(28)17-8-15(22)4-5-18(17)23/h4-5,8,12-14H,6-7,9-11H2,1-3H3,(H,24,28)/q-1/t13-,14-,21?/m1/s1. The van der Waals surface area contributed by atoms with Crippen molar-refractivity contribution in [1.29, 1.82) is 0 Å². The molecule has 1 unspecified atom stereocenters. The Bertz CT molecular complexity index is 852. The number of hydrogen-bond acceptors (Lipinski definition) is 6. The molecular formula is C20H26BCl2N2O5-. The predicted molar refractivity (Wildman–Crippen MR) is 116 cm³/mol. The lowest BCUT2D eigenvalue weighted by molar-refractivity contribution is -0.133. The third-order valence-corrected chi connectivity index (χ3v) is 6.26. The van der Waals surface area contributed by atoms with Crippen LogP contribution in [-0.2, 0) is 18.9 Å². The molecule has 2 heterocycles. The molecule has 2 fully saturated rings. The van der Waals surface area contributed by atoms with E-state index in [-0.39, 0.29) is 59.6 Å². The Labute approximate surface area is 186 Å². The number of rotatable bonds is 8. The Morgan fingerprint density at radius 1 is 1.33 bits per heavy atom. The van der Waals surface area contributed by atoms with Gasteiger partial charge in [-0.15, -0.1) is 0 Å². The number of amides is 1. The van der Waals surface area contributed by atoms with Gasteiger partial charge in [-0.2, -0.15) is 0 Å². The zero-order valence-electron chi connectivity index (χ0n) is 17.3. The maximum Gasteiger partial charge on any atom is 0.378 e. The molecule has 3 atom stereocenters. The summed E-state index contributed by atoms with van der Waals surface area (Å²) in [6.07, 6.45) is 0.800. The van der Waals surface area contributed by atoms with Crippen LogP contribution in [0.5, 0.6) is 0 Å². The van der Waals surface area contributed by atoms with Gasteiger partial charge in [0.2, 0.25) is 0 Å². The minimum Gasteiger partial charge on any atom is -0.652 e. The van der Waals surface area contributed by atoms with Crippen molar-refractivity contribution in [2.45, 2.75) is 45.5 Å². The van der Waals surface area contributed by atoms with Crippen molar-refractivity contribution < 1.29 is 23.7 Å². The summed E-state index contributed by atoms with van der Waals surface area (Å²) in [7, 11) is 0. The predicted octanol–water partition coefficient (Wildman–Crippen LogP) is 3.32. The number of fused-ring (bicyclic) bond motifs is 1. The Morgan fingerprint density at radius 2 is 2.07 bits per heavy atom. The fraction of sp³-hybridized carbons (Fsp3) is 0.550. The van der Waals surface area contributed by atoms with Crippen molar-refractivity contribution in [3.8, 4) is 0 Å². The molecule has 1 N–H and O–H groups in total. The van der Waals surface area contributed by atoms with E-state index >= 15 is 0 Å². The smallest absolute Gasteiger partial charge is 0.378 e. The molecule has 164 valence electrons. The normalized spacial score (nSPS) is 24.6. The van der Waals surface area contributed by atoms with Gasteiger partial charge in [0.25, 0.3) is 11.9 Å². The van der Waals surface area contributed by atoms with Gasteiger partial charge < -0.3 is 19.4 Å². The molecule has 1 amide bonds. The first-order valence-corrected chi connectivity index (χ1v) is 10.9. The van der Waals surface area contributed by atoms with Crippen molar-refractivity contribution >= 4 is 47.5 Å². The molecule has 1 aromatic carbocycles. The van der Waals surface area contributed by atoms with Crippen LogP contribution in [0.15, 0.2) is 18.2 Å². The summed E-state index contributed by atoms with van der Waals surface area (Å²) >= 11 is 12.0. The first-order chi connectivity index (χ1) is 14.1. The molecule has 2 aliphatic rings. The lowest BCUT2D eigenvalue weighted by atomic mass is 9.53. The van der Waals surface area contributed by atoms with Crippen LogP contribution < -0.4 is 5.32 Å². The number of nitrogens with one attached hydrogen (secondary N) is 1. The minimum absolute atomic E-state index is 0.0471. The SMILES string of the molecule is CC(C)C[C@H](CC(=O)CNC(=O)c1cc(Cl)ccc1Cl)[B-]12OC[C@@H](C)N1CC(=O)O2. The molecule has 0 aromatic heterocycles. The van der Waals surface area contributed by atoms with E-state index in [2.05, 4.69) is 5.32 Å². The third-order valence-electron chi connectivity index (χ3n) is 5.70. The summed E-state index contributed by atoms with van der Waals surface area (Å²) < 4.78 is 11.7. The van der Waals surface area contributed by atoms with E-state index in [1.165, 1.54) is 12.1 Å². The van der Waals surface area contributed by atoms with Gasteiger partial charge in [-0.1, -0.05) is 56.2 Å². The van der Waals surface area contributed by atoms with Crippen molar-refractivity contribution in [3.05, 3.63) is 33.8 Å². The van der Waals surface area contributed by atoms with Crippen LogP contribution in [0.25, 0.3) is 0 Å². The summed E-state index contributed by atoms with van der Waals surface area (Å²) in [6.45, 7) is 4.53. The summed E-state index contributed by atoms with van der Waals surface area (Å²) in [5.41, 5.74) is 0.211. The number of carbonyl (C=O) groups excluding carboxylic acids is 3. The van der Waals surface area contributed by atoms with E-state index in [4.69, 9.17) is 32.5 Å². The van der Waals surface area contributed by atoms with Crippen LogP contribution in [0.3, 0.4) is 0 Å². The van der Waals surface area contributed by atoms with Crippen LogP contribution in [-0.4, -0.2) is 54.9 Å². The first-order valence-electron chi connectivity index (χ1n) is 10.1. The number of nitrogens with zero attached hydrogens (tertiary/aromatic N) is 1. The molecule has 0 spiro atoms. The van der Waals surface area contributed by atoms with Gasteiger partial charge in [0, 0.05) is 11.6 Å². The van der Waals surface area contributed by atoms with E-state index < -0.39 is 12.6 Å². The highest BCUT2D eigenvalue weighted by molar-refractivity contribution is 6.70. The molecule has 1 aromatic rings. The van der Waals surface area contributed by atoms with E-state index in [1.807, 2.05) is 25.6 Å². The molecule has 2 saturated heterocycles. The van der Waals surface area contributed by atoms with Crippen molar-refractivity contribution in [1.82, 2.24) is 10.1 Å². The fourth-order valence-electron chi connectivity index (χ4n) is 4.41. The maximum atomic E-state index is 12.7. The lowest BCUT2D eigenvalue weighted by Gasteiger charge is -2.44. The van der Waals surface area contributed by atoms with Crippen LogP contribution in [0.2, 0.25) is 15.9 Å². The Hall–Kier alpha value is -1.61. The molecule has 3 rings (SSSR count). The lowest BCUT2D eigenvalue weighted by Crippen LogP contribution is -2.54. The van der Waals surface area contributed by atoms with E-state index in [0.717, 1.165) is 0 Å². The van der Waals surface area contributed by atoms with E-state index in [1.54, 1.807) is 6.07 Å². The van der Waals surface area contributed by atoms with Crippen molar-refractivity contribution in [3.63, 3.8) is 0 Å². The van der Waals surface area contributed by atoms with Gasteiger partial charge in [-0.25, -0.2) is 0 Å². The fourth-order valence-corrected chi connectivity index (χ4v) is 4.78. The molecule has 10 heteroatoms. The molecule has 0 aliphatic carbocycles. The molecule has 0 saturated carbocycles. The average molecular weight is 456 g/mol. The number of hydrogen-bond donors (Lipinski definition) is 1. The van der Waals surface area contributed by atoms with Gasteiger partial charge in [-0.3, -0.25) is 14.4 Å². The monoisotopic (exact) mass is 455 g/mol. The highest BCUT2D eigenvalue weighted by Crippen LogP contribution is 2.43. The Balaban J connectivity index is 1.68. The Kier molecular flexibility index (Phi) is 7.12. The number of halogens is 2. The topological polar surface area (TPSA) is 84.9 Å². The van der Waals surface area contributed by atoms with Crippen LogP contribution in [0, 0.1) is 5.92 Å². The molecule has 7 nitrogen and oxygen atoms in total. The highest BCUT2D eigenvalue weighted by Gasteiger charge is 2.54. The van der Waals surface area contributed by atoms with Gasteiger partial charge in [-0.05, 0) is 36.6 Å². The molecule has 0 radical (unpaired) electrons. The van der Waals surface area contributed by atoms with Crippen LogP contribution in [0.1, 0.15) is 44.0 Å². The molecule has 0 bridgehead atoms. The van der Waals surface area contributed by atoms with Crippen LogP contribution in [0.4, 0.5) is 0 Å². The van der Waals surface area contributed by atoms with Crippen LogP contribution >= 0.6 is 23.2 Å².